The lowest BCUT2D eigenvalue weighted by Crippen LogP contribution is -2.19. The minimum atomic E-state index is 0.221. The van der Waals surface area contributed by atoms with E-state index in [1.165, 1.54) is 29.5 Å². The fourth-order valence-corrected chi connectivity index (χ4v) is 2.58. The standard InChI is InChI=1S/C18H21NO/c1-14-7-8-16(18(13-19)9-10-18)11-17(14)20-12-15-5-3-2-4-6-15/h2-8,11H,9-10,12-13,19H2,1H3. The number of hydrogen-bond acceptors (Lipinski definition) is 2. The van der Waals surface area contributed by atoms with E-state index in [0.717, 1.165) is 12.3 Å². The van der Waals surface area contributed by atoms with Gasteiger partial charge in [-0.1, -0.05) is 42.5 Å². The van der Waals surface area contributed by atoms with Crippen LogP contribution >= 0.6 is 0 Å². The van der Waals surface area contributed by atoms with Crippen LogP contribution in [-0.4, -0.2) is 6.54 Å². The maximum atomic E-state index is 5.99. The first kappa shape index (κ1) is 13.2. The predicted octanol–water partition coefficient (Wildman–Crippen LogP) is 3.56. The van der Waals surface area contributed by atoms with Crippen LogP contribution in [0, 0.1) is 6.92 Å². The van der Waals surface area contributed by atoms with Crippen molar-refractivity contribution >= 4 is 0 Å². The number of aryl methyl sites for hydroxylation is 1. The van der Waals surface area contributed by atoms with Crippen molar-refractivity contribution in [3.63, 3.8) is 0 Å². The molecule has 0 saturated heterocycles. The number of nitrogens with two attached hydrogens (primary N) is 1. The van der Waals surface area contributed by atoms with Gasteiger partial charge in [0.25, 0.3) is 0 Å². The van der Waals surface area contributed by atoms with E-state index < -0.39 is 0 Å². The highest BCUT2D eigenvalue weighted by molar-refractivity contribution is 5.42. The lowest BCUT2D eigenvalue weighted by Gasteiger charge is -2.16. The molecule has 2 heteroatoms. The molecule has 1 saturated carbocycles. The third kappa shape index (κ3) is 2.56. The van der Waals surface area contributed by atoms with Gasteiger partial charge in [0.1, 0.15) is 12.4 Å². The number of ether oxygens (including phenoxy) is 1. The molecule has 0 spiro atoms. The second-order valence-electron chi connectivity index (χ2n) is 5.74. The summed E-state index contributed by atoms with van der Waals surface area (Å²) < 4.78 is 5.99. The predicted molar refractivity (Wildman–Crippen MR) is 81.9 cm³/mol. The molecular formula is C18H21NO. The second-order valence-corrected chi connectivity index (χ2v) is 5.74. The van der Waals surface area contributed by atoms with Crippen molar-refractivity contribution in [3.8, 4) is 5.75 Å². The third-order valence-electron chi connectivity index (χ3n) is 4.28. The minimum absolute atomic E-state index is 0.221. The van der Waals surface area contributed by atoms with E-state index >= 15 is 0 Å². The van der Waals surface area contributed by atoms with Gasteiger partial charge in [0.05, 0.1) is 0 Å². The maximum Gasteiger partial charge on any atom is 0.123 e. The Hall–Kier alpha value is -1.80. The Morgan fingerprint density at radius 1 is 1.10 bits per heavy atom. The van der Waals surface area contributed by atoms with Crippen molar-refractivity contribution in [2.75, 3.05) is 6.54 Å². The zero-order chi connectivity index (χ0) is 14.0. The third-order valence-corrected chi connectivity index (χ3v) is 4.28. The fourth-order valence-electron chi connectivity index (χ4n) is 2.58. The summed E-state index contributed by atoms with van der Waals surface area (Å²) in [5.41, 5.74) is 9.83. The molecule has 0 aromatic heterocycles. The van der Waals surface area contributed by atoms with E-state index in [1.807, 2.05) is 18.2 Å². The highest BCUT2D eigenvalue weighted by Crippen LogP contribution is 2.48. The normalized spacial score (nSPS) is 15.9. The summed E-state index contributed by atoms with van der Waals surface area (Å²) in [6.07, 6.45) is 2.40. The van der Waals surface area contributed by atoms with E-state index in [0.29, 0.717) is 6.61 Å². The van der Waals surface area contributed by atoms with E-state index in [9.17, 15) is 0 Å². The number of rotatable bonds is 5. The zero-order valence-corrected chi connectivity index (χ0v) is 11.9. The molecule has 0 heterocycles. The van der Waals surface area contributed by atoms with Gasteiger partial charge in [-0.3, -0.25) is 0 Å². The van der Waals surface area contributed by atoms with Crippen molar-refractivity contribution in [1.82, 2.24) is 0 Å². The molecule has 104 valence electrons. The molecule has 0 unspecified atom stereocenters. The summed E-state index contributed by atoms with van der Waals surface area (Å²) >= 11 is 0. The first-order valence-electron chi connectivity index (χ1n) is 7.21. The maximum absolute atomic E-state index is 5.99. The summed E-state index contributed by atoms with van der Waals surface area (Å²) in [6, 6.07) is 16.8. The Morgan fingerprint density at radius 2 is 1.85 bits per heavy atom. The van der Waals surface area contributed by atoms with Gasteiger partial charge in [-0.25, -0.2) is 0 Å². The van der Waals surface area contributed by atoms with E-state index in [4.69, 9.17) is 10.5 Å². The van der Waals surface area contributed by atoms with Crippen LogP contribution in [0.4, 0.5) is 0 Å². The quantitative estimate of drug-likeness (QED) is 0.899. The Morgan fingerprint density at radius 3 is 2.50 bits per heavy atom. The van der Waals surface area contributed by atoms with E-state index in [2.05, 4.69) is 37.3 Å². The van der Waals surface area contributed by atoms with Crippen LogP contribution in [0.5, 0.6) is 5.75 Å². The summed E-state index contributed by atoms with van der Waals surface area (Å²) in [5.74, 6) is 0.978. The lowest BCUT2D eigenvalue weighted by molar-refractivity contribution is 0.303. The average molecular weight is 267 g/mol. The van der Waals surface area contributed by atoms with Crippen LogP contribution in [0.3, 0.4) is 0 Å². The van der Waals surface area contributed by atoms with Gasteiger partial charge in [0.2, 0.25) is 0 Å². The molecule has 2 aromatic rings. The first-order valence-corrected chi connectivity index (χ1v) is 7.21. The van der Waals surface area contributed by atoms with Gasteiger partial charge in [0.15, 0.2) is 0 Å². The molecule has 1 fully saturated rings. The highest BCUT2D eigenvalue weighted by Gasteiger charge is 2.43. The summed E-state index contributed by atoms with van der Waals surface area (Å²) in [6.45, 7) is 3.43. The molecule has 1 aliphatic carbocycles. The Kier molecular flexibility index (Phi) is 3.49. The molecule has 3 rings (SSSR count). The van der Waals surface area contributed by atoms with Crippen LogP contribution in [0.15, 0.2) is 48.5 Å². The molecular weight excluding hydrogens is 246 g/mol. The second kappa shape index (κ2) is 5.29. The number of hydrogen-bond donors (Lipinski definition) is 1. The largest absolute Gasteiger partial charge is 0.489 e. The van der Waals surface area contributed by atoms with Gasteiger partial charge in [0, 0.05) is 12.0 Å². The van der Waals surface area contributed by atoms with Crippen LogP contribution in [0.1, 0.15) is 29.5 Å². The molecule has 2 N–H and O–H groups in total. The molecule has 0 aliphatic heterocycles. The summed E-state index contributed by atoms with van der Waals surface area (Å²) in [5, 5.41) is 0. The Balaban J connectivity index is 1.77. The van der Waals surface area contributed by atoms with Crippen LogP contribution < -0.4 is 10.5 Å². The Bertz CT molecular complexity index is 588. The Labute approximate surface area is 120 Å². The van der Waals surface area contributed by atoms with Gasteiger partial charge < -0.3 is 10.5 Å². The highest BCUT2D eigenvalue weighted by atomic mass is 16.5. The van der Waals surface area contributed by atoms with Crippen molar-refractivity contribution in [2.24, 2.45) is 5.73 Å². The minimum Gasteiger partial charge on any atom is -0.489 e. The lowest BCUT2D eigenvalue weighted by atomic mass is 9.95. The van der Waals surface area contributed by atoms with Gasteiger partial charge in [-0.05, 0) is 42.5 Å². The average Bonchev–Trinajstić information content (AvgIpc) is 3.29. The van der Waals surface area contributed by atoms with Crippen molar-refractivity contribution in [2.45, 2.75) is 31.8 Å². The monoisotopic (exact) mass is 267 g/mol. The molecule has 0 atom stereocenters. The summed E-state index contributed by atoms with van der Waals surface area (Å²) in [4.78, 5) is 0. The van der Waals surface area contributed by atoms with Crippen molar-refractivity contribution in [3.05, 3.63) is 65.2 Å². The van der Waals surface area contributed by atoms with Gasteiger partial charge in [-0.15, -0.1) is 0 Å². The van der Waals surface area contributed by atoms with Crippen LogP contribution in [0.2, 0.25) is 0 Å². The fraction of sp³-hybridized carbons (Fsp3) is 0.333. The number of benzene rings is 2. The van der Waals surface area contributed by atoms with E-state index in [1.54, 1.807) is 0 Å². The van der Waals surface area contributed by atoms with Gasteiger partial charge in [-0.2, -0.15) is 0 Å². The molecule has 0 bridgehead atoms. The summed E-state index contributed by atoms with van der Waals surface area (Å²) in [7, 11) is 0. The van der Waals surface area contributed by atoms with Crippen molar-refractivity contribution in [1.29, 1.82) is 0 Å². The molecule has 2 aromatic carbocycles. The molecule has 1 aliphatic rings. The molecule has 2 nitrogen and oxygen atoms in total. The van der Waals surface area contributed by atoms with Crippen LogP contribution in [0.25, 0.3) is 0 Å². The SMILES string of the molecule is Cc1ccc(C2(CN)CC2)cc1OCc1ccccc1. The smallest absolute Gasteiger partial charge is 0.123 e. The van der Waals surface area contributed by atoms with Crippen LogP contribution in [-0.2, 0) is 12.0 Å². The van der Waals surface area contributed by atoms with E-state index in [-0.39, 0.29) is 5.41 Å². The first-order chi connectivity index (χ1) is 9.73. The zero-order valence-electron chi connectivity index (χ0n) is 11.9. The molecule has 0 amide bonds. The topological polar surface area (TPSA) is 35.2 Å². The van der Waals surface area contributed by atoms with Gasteiger partial charge >= 0.3 is 0 Å². The van der Waals surface area contributed by atoms with Crippen molar-refractivity contribution < 1.29 is 4.74 Å². The molecule has 0 radical (unpaired) electrons. The molecule has 20 heavy (non-hydrogen) atoms.